The first kappa shape index (κ1) is 10.9. The Morgan fingerprint density at radius 3 is 2.62 bits per heavy atom. The fourth-order valence-corrected chi connectivity index (χ4v) is 1.64. The summed E-state index contributed by atoms with van der Waals surface area (Å²) < 4.78 is 0. The quantitative estimate of drug-likeness (QED) is 0.807. The second kappa shape index (κ2) is 4.49. The summed E-state index contributed by atoms with van der Waals surface area (Å²) in [6.07, 6.45) is 1.44. The Balaban J connectivity index is 2.27. The largest absolute Gasteiger partial charge is 0.340 e. The monoisotopic (exact) mass is 233 g/mol. The number of benzene rings is 1. The summed E-state index contributed by atoms with van der Waals surface area (Å²) in [4.78, 5) is 7.92. The zero-order valence-electron chi connectivity index (χ0n) is 9.16. The van der Waals surface area contributed by atoms with Crippen molar-refractivity contribution in [2.75, 3.05) is 5.32 Å². The first-order valence-electron chi connectivity index (χ1n) is 4.97. The van der Waals surface area contributed by atoms with Gasteiger partial charge in [0, 0.05) is 11.8 Å². The van der Waals surface area contributed by atoms with Crippen LogP contribution < -0.4 is 5.32 Å². The average molecular weight is 234 g/mol. The Labute approximate surface area is 99.5 Å². The number of anilines is 2. The Hall–Kier alpha value is -1.61. The Morgan fingerprint density at radius 1 is 1.12 bits per heavy atom. The predicted molar refractivity (Wildman–Crippen MR) is 66.2 cm³/mol. The van der Waals surface area contributed by atoms with E-state index in [0.29, 0.717) is 11.0 Å². The number of rotatable bonds is 2. The number of hydrogen-bond donors (Lipinski definition) is 1. The molecule has 4 heteroatoms. The molecule has 1 aromatic carbocycles. The van der Waals surface area contributed by atoms with Crippen LogP contribution in [0.1, 0.15) is 11.1 Å². The van der Waals surface area contributed by atoms with Crippen LogP contribution in [-0.2, 0) is 0 Å². The van der Waals surface area contributed by atoms with Crippen LogP contribution in [0, 0.1) is 13.8 Å². The lowest BCUT2D eigenvalue weighted by Crippen LogP contribution is -1.96. The zero-order valence-corrected chi connectivity index (χ0v) is 9.92. The van der Waals surface area contributed by atoms with E-state index >= 15 is 0 Å². The summed E-state index contributed by atoms with van der Waals surface area (Å²) in [6.45, 7) is 4.12. The van der Waals surface area contributed by atoms with Crippen molar-refractivity contribution in [3.63, 3.8) is 0 Å². The van der Waals surface area contributed by atoms with Gasteiger partial charge in [0.2, 0.25) is 0 Å². The van der Waals surface area contributed by atoms with E-state index in [9.17, 15) is 0 Å². The average Bonchev–Trinajstić information content (AvgIpc) is 2.22. The van der Waals surface area contributed by atoms with Gasteiger partial charge in [-0.15, -0.1) is 0 Å². The highest BCUT2D eigenvalue weighted by Gasteiger charge is 2.00. The molecule has 0 atom stereocenters. The molecule has 2 rings (SSSR count). The Morgan fingerprint density at radius 2 is 1.94 bits per heavy atom. The molecule has 0 aliphatic rings. The van der Waals surface area contributed by atoms with Gasteiger partial charge in [0.1, 0.15) is 17.3 Å². The molecular weight excluding hydrogens is 222 g/mol. The van der Waals surface area contributed by atoms with Crippen molar-refractivity contribution >= 4 is 23.1 Å². The molecule has 1 N–H and O–H groups in total. The molecule has 82 valence electrons. The summed E-state index contributed by atoms with van der Waals surface area (Å²) in [5.41, 5.74) is 3.44. The zero-order chi connectivity index (χ0) is 11.5. The highest BCUT2D eigenvalue weighted by atomic mass is 35.5. The first-order valence-corrected chi connectivity index (χ1v) is 5.35. The van der Waals surface area contributed by atoms with Crippen molar-refractivity contribution in [3.05, 3.63) is 46.9 Å². The molecule has 0 aliphatic heterocycles. The third-order valence-corrected chi connectivity index (χ3v) is 2.49. The second-order valence-corrected chi connectivity index (χ2v) is 4.06. The third-order valence-electron chi connectivity index (χ3n) is 2.28. The van der Waals surface area contributed by atoms with Gasteiger partial charge in [0.15, 0.2) is 0 Å². The van der Waals surface area contributed by atoms with E-state index in [4.69, 9.17) is 11.6 Å². The summed E-state index contributed by atoms with van der Waals surface area (Å²) in [5, 5.41) is 3.64. The minimum atomic E-state index is 0.433. The molecular formula is C12H12ClN3. The molecule has 1 aromatic heterocycles. The topological polar surface area (TPSA) is 37.8 Å². The van der Waals surface area contributed by atoms with E-state index in [1.54, 1.807) is 6.07 Å². The fraction of sp³-hybridized carbons (Fsp3) is 0.167. The van der Waals surface area contributed by atoms with E-state index in [2.05, 4.69) is 41.3 Å². The maximum atomic E-state index is 5.78. The fourth-order valence-electron chi connectivity index (χ4n) is 1.49. The van der Waals surface area contributed by atoms with Gasteiger partial charge in [-0.2, -0.15) is 0 Å². The highest BCUT2D eigenvalue weighted by Crippen LogP contribution is 2.20. The van der Waals surface area contributed by atoms with Crippen LogP contribution in [0.15, 0.2) is 30.6 Å². The van der Waals surface area contributed by atoms with Crippen LogP contribution in [0.4, 0.5) is 11.5 Å². The van der Waals surface area contributed by atoms with Gasteiger partial charge in [-0.1, -0.05) is 29.3 Å². The molecule has 0 spiro atoms. The van der Waals surface area contributed by atoms with Crippen molar-refractivity contribution in [3.8, 4) is 0 Å². The van der Waals surface area contributed by atoms with E-state index < -0.39 is 0 Å². The second-order valence-electron chi connectivity index (χ2n) is 3.67. The molecule has 16 heavy (non-hydrogen) atoms. The summed E-state index contributed by atoms with van der Waals surface area (Å²) >= 11 is 5.78. The maximum Gasteiger partial charge on any atom is 0.135 e. The smallest absolute Gasteiger partial charge is 0.135 e. The molecule has 0 amide bonds. The Kier molecular flexibility index (Phi) is 3.06. The van der Waals surface area contributed by atoms with Gasteiger partial charge in [-0.25, -0.2) is 9.97 Å². The van der Waals surface area contributed by atoms with Crippen LogP contribution in [0.25, 0.3) is 0 Å². The van der Waals surface area contributed by atoms with E-state index in [-0.39, 0.29) is 0 Å². The molecule has 0 saturated carbocycles. The number of aryl methyl sites for hydroxylation is 2. The number of aromatic nitrogens is 2. The number of hydrogen-bond acceptors (Lipinski definition) is 3. The molecule has 2 aromatic rings. The van der Waals surface area contributed by atoms with Crippen LogP contribution in [-0.4, -0.2) is 9.97 Å². The number of nitrogens with zero attached hydrogens (tertiary/aromatic N) is 2. The van der Waals surface area contributed by atoms with E-state index in [0.717, 1.165) is 5.69 Å². The van der Waals surface area contributed by atoms with Crippen molar-refractivity contribution in [1.82, 2.24) is 9.97 Å². The molecule has 0 aliphatic carbocycles. The van der Waals surface area contributed by atoms with Gasteiger partial charge >= 0.3 is 0 Å². The summed E-state index contributed by atoms with van der Waals surface area (Å²) in [6, 6.07) is 7.89. The van der Waals surface area contributed by atoms with Crippen molar-refractivity contribution < 1.29 is 0 Å². The lowest BCUT2D eigenvalue weighted by Gasteiger charge is -2.09. The molecule has 0 saturated heterocycles. The van der Waals surface area contributed by atoms with Crippen LogP contribution in [0.5, 0.6) is 0 Å². The lowest BCUT2D eigenvalue weighted by atomic mass is 10.1. The van der Waals surface area contributed by atoms with Gasteiger partial charge < -0.3 is 5.32 Å². The van der Waals surface area contributed by atoms with E-state index in [1.165, 1.54) is 17.5 Å². The predicted octanol–water partition coefficient (Wildman–Crippen LogP) is 3.49. The Bertz CT molecular complexity index is 511. The molecule has 0 bridgehead atoms. The standard InChI is InChI=1S/C12H12ClN3/c1-8-3-4-10(9(2)5-8)16-12-6-11(13)14-7-15-12/h3-7H,1-2H3,(H,14,15,16). The van der Waals surface area contributed by atoms with Gasteiger partial charge in [-0.05, 0) is 25.5 Å². The number of halogens is 1. The van der Waals surface area contributed by atoms with Crippen LogP contribution in [0.2, 0.25) is 5.15 Å². The normalized spacial score (nSPS) is 10.2. The third kappa shape index (κ3) is 2.49. The molecule has 0 radical (unpaired) electrons. The molecule has 3 nitrogen and oxygen atoms in total. The molecule has 0 fully saturated rings. The molecule has 0 unspecified atom stereocenters. The molecule has 1 heterocycles. The van der Waals surface area contributed by atoms with Gasteiger partial charge in [0.25, 0.3) is 0 Å². The van der Waals surface area contributed by atoms with Gasteiger partial charge in [0.05, 0.1) is 0 Å². The first-order chi connectivity index (χ1) is 7.65. The summed E-state index contributed by atoms with van der Waals surface area (Å²) in [5.74, 6) is 0.701. The van der Waals surface area contributed by atoms with Crippen molar-refractivity contribution in [1.29, 1.82) is 0 Å². The van der Waals surface area contributed by atoms with Crippen LogP contribution in [0.3, 0.4) is 0 Å². The van der Waals surface area contributed by atoms with Gasteiger partial charge in [-0.3, -0.25) is 0 Å². The van der Waals surface area contributed by atoms with Crippen LogP contribution >= 0.6 is 11.6 Å². The highest BCUT2D eigenvalue weighted by molar-refractivity contribution is 6.29. The number of nitrogens with one attached hydrogen (secondary N) is 1. The van der Waals surface area contributed by atoms with Crippen molar-refractivity contribution in [2.45, 2.75) is 13.8 Å². The minimum absolute atomic E-state index is 0.433. The van der Waals surface area contributed by atoms with Crippen molar-refractivity contribution in [2.24, 2.45) is 0 Å². The SMILES string of the molecule is Cc1ccc(Nc2cc(Cl)ncn2)c(C)c1. The van der Waals surface area contributed by atoms with E-state index in [1.807, 2.05) is 6.07 Å². The lowest BCUT2D eigenvalue weighted by molar-refractivity contribution is 1.16. The minimum Gasteiger partial charge on any atom is -0.340 e. The maximum absolute atomic E-state index is 5.78. The summed E-state index contributed by atoms with van der Waals surface area (Å²) in [7, 11) is 0.